The third kappa shape index (κ3) is 2.81. The van der Waals surface area contributed by atoms with Crippen LogP contribution < -0.4 is 10.1 Å². The number of hydrogen-bond donors (Lipinski definition) is 1. The molecule has 4 nitrogen and oxygen atoms in total. The first-order chi connectivity index (χ1) is 11.8. The molecule has 2 heterocycles. The number of nitrogens with zero attached hydrogens (tertiary/aromatic N) is 2. The van der Waals surface area contributed by atoms with Gasteiger partial charge in [-0.1, -0.05) is 36.4 Å². The average molecular weight is 333 g/mol. The number of thiophene rings is 1. The standard InChI is InChI=1S/C19H15N3OS/c1-23-15-9-5-8-14(10-15)22-19-18-16(20-12-21-19)11-17(24-18)13-6-3-2-4-7-13/h2-12H,1H3,(H,20,21,22). The Hall–Kier alpha value is -2.92. The molecule has 2 aromatic carbocycles. The SMILES string of the molecule is COc1cccc(Nc2ncnc3cc(-c4ccccc4)sc23)c1. The predicted octanol–water partition coefficient (Wildman–Crippen LogP) is 5.11. The Bertz CT molecular complexity index is 982. The second-order valence-electron chi connectivity index (χ2n) is 5.27. The van der Waals surface area contributed by atoms with Gasteiger partial charge >= 0.3 is 0 Å². The van der Waals surface area contributed by atoms with E-state index >= 15 is 0 Å². The van der Waals surface area contributed by atoms with Crippen molar-refractivity contribution in [2.24, 2.45) is 0 Å². The molecule has 118 valence electrons. The minimum atomic E-state index is 0.806. The molecule has 1 N–H and O–H groups in total. The van der Waals surface area contributed by atoms with E-state index in [9.17, 15) is 0 Å². The Labute approximate surface area is 143 Å². The zero-order valence-electron chi connectivity index (χ0n) is 13.1. The van der Waals surface area contributed by atoms with E-state index in [4.69, 9.17) is 4.74 Å². The number of aromatic nitrogens is 2. The summed E-state index contributed by atoms with van der Waals surface area (Å²) in [6.07, 6.45) is 1.59. The molecule has 0 fully saturated rings. The molecule has 0 unspecified atom stereocenters. The lowest BCUT2D eigenvalue weighted by molar-refractivity contribution is 0.415. The van der Waals surface area contributed by atoms with E-state index in [2.05, 4.69) is 33.5 Å². The molecule has 4 aromatic rings. The highest BCUT2D eigenvalue weighted by Crippen LogP contribution is 2.36. The minimum Gasteiger partial charge on any atom is -0.497 e. The number of methoxy groups -OCH3 is 1. The van der Waals surface area contributed by atoms with Gasteiger partial charge in [0.2, 0.25) is 0 Å². The second-order valence-corrected chi connectivity index (χ2v) is 6.32. The molecule has 4 rings (SSSR count). The molecule has 0 spiro atoms. The maximum Gasteiger partial charge on any atom is 0.151 e. The van der Waals surface area contributed by atoms with E-state index in [-0.39, 0.29) is 0 Å². The monoisotopic (exact) mass is 333 g/mol. The lowest BCUT2D eigenvalue weighted by Crippen LogP contribution is -1.94. The smallest absolute Gasteiger partial charge is 0.151 e. The molecule has 2 aromatic heterocycles. The van der Waals surface area contributed by atoms with E-state index < -0.39 is 0 Å². The number of hydrogen-bond acceptors (Lipinski definition) is 5. The Morgan fingerprint density at radius 2 is 1.83 bits per heavy atom. The van der Waals surface area contributed by atoms with Crippen molar-refractivity contribution in [3.05, 3.63) is 67.0 Å². The quantitative estimate of drug-likeness (QED) is 0.564. The van der Waals surface area contributed by atoms with Crippen LogP contribution in [0.4, 0.5) is 11.5 Å². The van der Waals surface area contributed by atoms with Crippen LogP contribution in [0.1, 0.15) is 0 Å². The largest absolute Gasteiger partial charge is 0.497 e. The van der Waals surface area contributed by atoms with E-state index in [1.165, 1.54) is 10.4 Å². The van der Waals surface area contributed by atoms with Gasteiger partial charge in [-0.2, -0.15) is 0 Å². The molecule has 0 saturated carbocycles. The summed E-state index contributed by atoms with van der Waals surface area (Å²) < 4.78 is 6.31. The molecular formula is C19H15N3OS. The van der Waals surface area contributed by atoms with Crippen LogP contribution in [0.2, 0.25) is 0 Å². The molecule has 0 bridgehead atoms. The zero-order chi connectivity index (χ0) is 16.4. The van der Waals surface area contributed by atoms with Crippen LogP contribution >= 0.6 is 11.3 Å². The molecule has 0 saturated heterocycles. The first-order valence-electron chi connectivity index (χ1n) is 7.54. The van der Waals surface area contributed by atoms with Crippen molar-refractivity contribution >= 4 is 33.1 Å². The average Bonchev–Trinajstić information content (AvgIpc) is 3.08. The van der Waals surface area contributed by atoms with Gasteiger partial charge in [0, 0.05) is 16.6 Å². The summed E-state index contributed by atoms with van der Waals surface area (Å²) >= 11 is 1.69. The van der Waals surface area contributed by atoms with Crippen molar-refractivity contribution in [2.75, 3.05) is 12.4 Å². The lowest BCUT2D eigenvalue weighted by atomic mass is 10.2. The summed E-state index contributed by atoms with van der Waals surface area (Å²) in [5.41, 5.74) is 3.07. The van der Waals surface area contributed by atoms with Gasteiger partial charge < -0.3 is 10.1 Å². The molecule has 24 heavy (non-hydrogen) atoms. The van der Waals surface area contributed by atoms with E-state index in [1.54, 1.807) is 24.8 Å². The minimum absolute atomic E-state index is 0.806. The molecule has 5 heteroatoms. The van der Waals surface area contributed by atoms with Crippen molar-refractivity contribution in [1.29, 1.82) is 0 Å². The number of benzene rings is 2. The van der Waals surface area contributed by atoms with Gasteiger partial charge in [0.15, 0.2) is 5.82 Å². The van der Waals surface area contributed by atoms with Crippen molar-refractivity contribution in [3.63, 3.8) is 0 Å². The topological polar surface area (TPSA) is 47.0 Å². The van der Waals surface area contributed by atoms with E-state index in [0.717, 1.165) is 27.5 Å². The number of ether oxygens (including phenoxy) is 1. The van der Waals surface area contributed by atoms with Crippen LogP contribution in [0.25, 0.3) is 20.7 Å². The predicted molar refractivity (Wildman–Crippen MR) is 99.1 cm³/mol. The highest BCUT2D eigenvalue weighted by Gasteiger charge is 2.10. The summed E-state index contributed by atoms with van der Waals surface area (Å²) in [5, 5.41) is 3.37. The molecule has 0 aliphatic rings. The molecule has 0 aliphatic heterocycles. The summed E-state index contributed by atoms with van der Waals surface area (Å²) in [7, 11) is 1.66. The Morgan fingerprint density at radius 1 is 0.958 bits per heavy atom. The third-order valence-corrected chi connectivity index (χ3v) is 4.88. The van der Waals surface area contributed by atoms with Crippen LogP contribution in [0.15, 0.2) is 67.0 Å². The van der Waals surface area contributed by atoms with Crippen LogP contribution in [0.5, 0.6) is 5.75 Å². The molecule has 0 aliphatic carbocycles. The Morgan fingerprint density at radius 3 is 2.67 bits per heavy atom. The fourth-order valence-corrected chi connectivity index (χ4v) is 3.59. The van der Waals surface area contributed by atoms with Gasteiger partial charge in [0.05, 0.1) is 17.3 Å². The first kappa shape index (κ1) is 14.7. The van der Waals surface area contributed by atoms with Crippen LogP contribution in [0.3, 0.4) is 0 Å². The van der Waals surface area contributed by atoms with E-state index in [0.29, 0.717) is 0 Å². The molecule has 0 atom stereocenters. The molecular weight excluding hydrogens is 318 g/mol. The fourth-order valence-electron chi connectivity index (χ4n) is 2.53. The van der Waals surface area contributed by atoms with Gasteiger partial charge in [-0.15, -0.1) is 11.3 Å². The number of rotatable bonds is 4. The number of anilines is 2. The van der Waals surface area contributed by atoms with Gasteiger partial charge in [-0.25, -0.2) is 9.97 Å². The number of nitrogens with one attached hydrogen (secondary N) is 1. The summed E-state index contributed by atoms with van der Waals surface area (Å²) in [4.78, 5) is 9.99. The van der Waals surface area contributed by atoms with Gasteiger partial charge in [0.1, 0.15) is 12.1 Å². The molecule has 0 radical (unpaired) electrons. The van der Waals surface area contributed by atoms with Gasteiger partial charge in [-0.05, 0) is 23.8 Å². The lowest BCUT2D eigenvalue weighted by Gasteiger charge is -2.07. The second kappa shape index (κ2) is 6.29. The van der Waals surface area contributed by atoms with Crippen molar-refractivity contribution < 1.29 is 4.74 Å². The third-order valence-electron chi connectivity index (χ3n) is 3.70. The summed E-state index contributed by atoms with van der Waals surface area (Å²) in [6.45, 7) is 0. The van der Waals surface area contributed by atoms with E-state index in [1.807, 2.05) is 42.5 Å². The van der Waals surface area contributed by atoms with Crippen molar-refractivity contribution in [1.82, 2.24) is 9.97 Å². The Balaban J connectivity index is 1.74. The van der Waals surface area contributed by atoms with Crippen LogP contribution in [-0.2, 0) is 0 Å². The normalized spacial score (nSPS) is 10.7. The maximum atomic E-state index is 5.27. The highest BCUT2D eigenvalue weighted by molar-refractivity contribution is 7.22. The van der Waals surface area contributed by atoms with Crippen molar-refractivity contribution in [3.8, 4) is 16.2 Å². The molecule has 0 amide bonds. The van der Waals surface area contributed by atoms with Crippen LogP contribution in [-0.4, -0.2) is 17.1 Å². The summed E-state index contributed by atoms with van der Waals surface area (Å²) in [6, 6.07) is 20.2. The number of fused-ring (bicyclic) bond motifs is 1. The maximum absolute atomic E-state index is 5.27. The van der Waals surface area contributed by atoms with Gasteiger partial charge in [0.25, 0.3) is 0 Å². The highest BCUT2D eigenvalue weighted by atomic mass is 32.1. The van der Waals surface area contributed by atoms with Gasteiger partial charge in [-0.3, -0.25) is 0 Å². The van der Waals surface area contributed by atoms with Crippen LogP contribution in [0, 0.1) is 0 Å². The summed E-state index contributed by atoms with van der Waals surface area (Å²) in [5.74, 6) is 1.61. The first-order valence-corrected chi connectivity index (χ1v) is 8.36. The zero-order valence-corrected chi connectivity index (χ0v) is 13.9. The fraction of sp³-hybridized carbons (Fsp3) is 0.0526. The van der Waals surface area contributed by atoms with Crippen molar-refractivity contribution in [2.45, 2.75) is 0 Å². The Kier molecular flexibility index (Phi) is 3.84.